The summed E-state index contributed by atoms with van der Waals surface area (Å²) in [5.41, 5.74) is 0.174. The van der Waals surface area contributed by atoms with E-state index in [1.807, 2.05) is 0 Å². The molecular formula is C9H20N2O. The first-order valence-corrected chi connectivity index (χ1v) is 4.54. The summed E-state index contributed by atoms with van der Waals surface area (Å²) in [6.45, 7) is 8.51. The molecule has 0 unspecified atom stereocenters. The lowest BCUT2D eigenvalue weighted by Crippen LogP contribution is -2.49. The quantitative estimate of drug-likeness (QED) is 0.631. The number of nitrogens with one attached hydrogen (secondary N) is 2. The second-order valence-corrected chi connectivity index (χ2v) is 4.43. The second-order valence-electron chi connectivity index (χ2n) is 4.43. The minimum absolute atomic E-state index is 0.174. The van der Waals surface area contributed by atoms with E-state index < -0.39 is 0 Å². The van der Waals surface area contributed by atoms with Gasteiger partial charge in [-0.25, -0.2) is 0 Å². The van der Waals surface area contributed by atoms with Gasteiger partial charge in [-0.05, 0) is 20.8 Å². The Morgan fingerprint density at radius 3 is 2.50 bits per heavy atom. The average molecular weight is 172 g/mol. The molecule has 2 atom stereocenters. The lowest BCUT2D eigenvalue weighted by molar-refractivity contribution is 0.0879. The van der Waals surface area contributed by atoms with E-state index in [9.17, 15) is 0 Å². The van der Waals surface area contributed by atoms with Crippen LogP contribution in [0.4, 0.5) is 0 Å². The third-order valence-corrected chi connectivity index (χ3v) is 2.08. The Kier molecular flexibility index (Phi) is 3.09. The molecule has 0 amide bonds. The van der Waals surface area contributed by atoms with Crippen molar-refractivity contribution in [1.82, 2.24) is 10.6 Å². The maximum Gasteiger partial charge on any atom is 0.0860 e. The molecule has 1 heterocycles. The molecule has 1 saturated heterocycles. The van der Waals surface area contributed by atoms with Crippen molar-refractivity contribution in [2.45, 2.75) is 38.5 Å². The highest BCUT2D eigenvalue weighted by Crippen LogP contribution is 2.09. The van der Waals surface area contributed by atoms with Crippen molar-refractivity contribution in [3.05, 3.63) is 0 Å². The van der Waals surface area contributed by atoms with E-state index >= 15 is 0 Å². The molecule has 0 aromatic heterocycles. The Hall–Kier alpha value is -0.120. The summed E-state index contributed by atoms with van der Waals surface area (Å²) in [5.74, 6) is 0. The van der Waals surface area contributed by atoms with E-state index in [2.05, 4.69) is 31.4 Å². The molecule has 0 aromatic carbocycles. The highest BCUT2D eigenvalue weighted by molar-refractivity contribution is 4.91. The normalized spacial score (nSPS) is 31.0. The Balaban J connectivity index is 2.41. The van der Waals surface area contributed by atoms with Gasteiger partial charge in [-0.1, -0.05) is 0 Å². The van der Waals surface area contributed by atoms with Crippen LogP contribution in [0.15, 0.2) is 0 Å². The summed E-state index contributed by atoms with van der Waals surface area (Å²) in [5, 5.41) is 6.84. The van der Waals surface area contributed by atoms with Gasteiger partial charge >= 0.3 is 0 Å². The van der Waals surface area contributed by atoms with Crippen molar-refractivity contribution in [3.63, 3.8) is 0 Å². The van der Waals surface area contributed by atoms with Gasteiger partial charge < -0.3 is 15.4 Å². The predicted molar refractivity (Wildman–Crippen MR) is 50.3 cm³/mol. The average Bonchev–Trinajstić information content (AvgIpc) is 2.31. The molecule has 1 aliphatic rings. The van der Waals surface area contributed by atoms with Crippen LogP contribution >= 0.6 is 0 Å². The van der Waals surface area contributed by atoms with Crippen molar-refractivity contribution < 1.29 is 4.74 Å². The van der Waals surface area contributed by atoms with Crippen LogP contribution in [-0.4, -0.2) is 37.9 Å². The second kappa shape index (κ2) is 3.73. The zero-order valence-electron chi connectivity index (χ0n) is 8.48. The van der Waals surface area contributed by atoms with Gasteiger partial charge in [0.05, 0.1) is 6.10 Å². The van der Waals surface area contributed by atoms with E-state index in [-0.39, 0.29) is 5.54 Å². The van der Waals surface area contributed by atoms with Crippen LogP contribution in [0.5, 0.6) is 0 Å². The fourth-order valence-corrected chi connectivity index (χ4v) is 1.60. The molecule has 0 aliphatic carbocycles. The highest BCUT2D eigenvalue weighted by atomic mass is 16.5. The first-order valence-electron chi connectivity index (χ1n) is 4.54. The van der Waals surface area contributed by atoms with Gasteiger partial charge in [0.1, 0.15) is 0 Å². The molecule has 0 saturated carbocycles. The molecular weight excluding hydrogens is 152 g/mol. The summed E-state index contributed by atoms with van der Waals surface area (Å²) in [6, 6.07) is 0.454. The van der Waals surface area contributed by atoms with Crippen LogP contribution in [0, 0.1) is 0 Å². The van der Waals surface area contributed by atoms with Crippen molar-refractivity contribution in [3.8, 4) is 0 Å². The number of hydrogen-bond acceptors (Lipinski definition) is 3. The Labute approximate surface area is 74.9 Å². The van der Waals surface area contributed by atoms with Crippen molar-refractivity contribution >= 4 is 0 Å². The minimum atomic E-state index is 0.174. The maximum absolute atomic E-state index is 5.34. The van der Waals surface area contributed by atoms with Gasteiger partial charge in [0.2, 0.25) is 0 Å². The molecule has 2 N–H and O–H groups in total. The summed E-state index contributed by atoms with van der Waals surface area (Å²) in [7, 11) is 1.77. The standard InChI is InChI=1S/C9H20N2O/c1-9(2,3)11-7-5-10-6-8(7)12-4/h7-8,10-11H,5-6H2,1-4H3/t7-,8-/m1/s1. The predicted octanol–water partition coefficient (Wildman–Crippen LogP) is 0.361. The van der Waals surface area contributed by atoms with Crippen LogP contribution < -0.4 is 10.6 Å². The molecule has 0 bridgehead atoms. The molecule has 1 rings (SSSR count). The largest absolute Gasteiger partial charge is 0.378 e. The van der Waals surface area contributed by atoms with Crippen LogP contribution in [-0.2, 0) is 4.74 Å². The first kappa shape index (κ1) is 9.96. The third-order valence-electron chi connectivity index (χ3n) is 2.08. The molecule has 1 fully saturated rings. The molecule has 12 heavy (non-hydrogen) atoms. The van der Waals surface area contributed by atoms with E-state index in [4.69, 9.17) is 4.74 Å². The Morgan fingerprint density at radius 2 is 2.00 bits per heavy atom. The van der Waals surface area contributed by atoms with E-state index in [0.717, 1.165) is 13.1 Å². The summed E-state index contributed by atoms with van der Waals surface area (Å²) < 4.78 is 5.34. The Bertz CT molecular complexity index is 142. The van der Waals surface area contributed by atoms with Crippen LogP contribution in [0.3, 0.4) is 0 Å². The maximum atomic E-state index is 5.34. The lowest BCUT2D eigenvalue weighted by Gasteiger charge is -2.28. The molecule has 0 radical (unpaired) electrons. The lowest BCUT2D eigenvalue weighted by atomic mass is 10.1. The molecule has 3 heteroatoms. The minimum Gasteiger partial charge on any atom is -0.378 e. The van der Waals surface area contributed by atoms with E-state index in [1.54, 1.807) is 7.11 Å². The fraction of sp³-hybridized carbons (Fsp3) is 1.00. The number of methoxy groups -OCH3 is 1. The number of hydrogen-bond donors (Lipinski definition) is 2. The third kappa shape index (κ3) is 2.73. The Morgan fingerprint density at radius 1 is 1.33 bits per heavy atom. The van der Waals surface area contributed by atoms with Crippen molar-refractivity contribution in [2.75, 3.05) is 20.2 Å². The summed E-state index contributed by atoms with van der Waals surface area (Å²) in [6.07, 6.45) is 0.323. The van der Waals surface area contributed by atoms with Gasteiger partial charge in [-0.2, -0.15) is 0 Å². The summed E-state index contributed by atoms with van der Waals surface area (Å²) in [4.78, 5) is 0. The van der Waals surface area contributed by atoms with Crippen LogP contribution in [0.1, 0.15) is 20.8 Å². The van der Waals surface area contributed by atoms with Gasteiger partial charge in [-0.3, -0.25) is 0 Å². The topological polar surface area (TPSA) is 33.3 Å². The molecule has 1 aliphatic heterocycles. The zero-order valence-corrected chi connectivity index (χ0v) is 8.48. The number of ether oxygens (including phenoxy) is 1. The van der Waals surface area contributed by atoms with Crippen molar-refractivity contribution in [1.29, 1.82) is 0 Å². The number of rotatable bonds is 2. The molecule has 0 spiro atoms. The van der Waals surface area contributed by atoms with E-state index in [0.29, 0.717) is 12.1 Å². The molecule has 0 aromatic rings. The van der Waals surface area contributed by atoms with Gasteiger partial charge in [-0.15, -0.1) is 0 Å². The fourth-order valence-electron chi connectivity index (χ4n) is 1.60. The van der Waals surface area contributed by atoms with Gasteiger partial charge in [0, 0.05) is 31.8 Å². The van der Waals surface area contributed by atoms with Crippen LogP contribution in [0.2, 0.25) is 0 Å². The SMILES string of the molecule is CO[C@@H]1CNC[C@H]1NC(C)(C)C. The monoisotopic (exact) mass is 172 g/mol. The zero-order chi connectivity index (χ0) is 9.19. The van der Waals surface area contributed by atoms with Gasteiger partial charge in [0.25, 0.3) is 0 Å². The van der Waals surface area contributed by atoms with Crippen LogP contribution in [0.25, 0.3) is 0 Å². The highest BCUT2D eigenvalue weighted by Gasteiger charge is 2.29. The van der Waals surface area contributed by atoms with Gasteiger partial charge in [0.15, 0.2) is 0 Å². The van der Waals surface area contributed by atoms with Crippen molar-refractivity contribution in [2.24, 2.45) is 0 Å². The first-order chi connectivity index (χ1) is 5.53. The molecule has 72 valence electrons. The smallest absolute Gasteiger partial charge is 0.0860 e. The van der Waals surface area contributed by atoms with E-state index in [1.165, 1.54) is 0 Å². The molecule has 3 nitrogen and oxygen atoms in total. The summed E-state index contributed by atoms with van der Waals surface area (Å²) >= 11 is 0.